The molecule has 0 saturated carbocycles. The summed E-state index contributed by atoms with van der Waals surface area (Å²) in [5.41, 5.74) is 2.63. The number of hydrogen-bond acceptors (Lipinski definition) is 3. The summed E-state index contributed by atoms with van der Waals surface area (Å²) in [4.78, 5) is 22.5. The lowest BCUT2D eigenvalue weighted by Crippen LogP contribution is -2.09. The van der Waals surface area contributed by atoms with Crippen molar-refractivity contribution in [1.29, 1.82) is 0 Å². The van der Waals surface area contributed by atoms with Gasteiger partial charge in [0.1, 0.15) is 5.78 Å². The molecule has 0 aromatic heterocycles. The number of benzene rings is 1. The first-order chi connectivity index (χ1) is 8.02. The molecule has 17 heavy (non-hydrogen) atoms. The van der Waals surface area contributed by atoms with Crippen LogP contribution in [0.5, 0.6) is 0 Å². The van der Waals surface area contributed by atoms with Gasteiger partial charge in [-0.1, -0.05) is 12.1 Å². The Bertz CT molecular complexity index is 421. The van der Waals surface area contributed by atoms with E-state index < -0.39 is 0 Å². The minimum absolute atomic E-state index is 0.118. The molecule has 0 unspecified atom stereocenters. The van der Waals surface area contributed by atoms with Crippen LogP contribution < -0.4 is 0 Å². The lowest BCUT2D eigenvalue weighted by Gasteiger charge is -2.08. The van der Waals surface area contributed by atoms with Gasteiger partial charge in [-0.05, 0) is 44.4 Å². The maximum absolute atomic E-state index is 11.8. The van der Waals surface area contributed by atoms with Gasteiger partial charge in [0.05, 0.1) is 12.2 Å². The van der Waals surface area contributed by atoms with Gasteiger partial charge in [0, 0.05) is 6.42 Å². The molecule has 0 N–H and O–H groups in total. The van der Waals surface area contributed by atoms with Crippen molar-refractivity contribution in [2.75, 3.05) is 6.61 Å². The van der Waals surface area contributed by atoms with Crippen LogP contribution in [0.25, 0.3) is 0 Å². The van der Waals surface area contributed by atoms with Crippen LogP contribution in [0.1, 0.15) is 41.3 Å². The van der Waals surface area contributed by atoms with E-state index in [0.717, 1.165) is 11.1 Å². The highest BCUT2D eigenvalue weighted by molar-refractivity contribution is 5.91. The van der Waals surface area contributed by atoms with Gasteiger partial charge >= 0.3 is 5.97 Å². The molecule has 1 rings (SSSR count). The van der Waals surface area contributed by atoms with Crippen LogP contribution in [0.4, 0.5) is 0 Å². The van der Waals surface area contributed by atoms with Gasteiger partial charge < -0.3 is 9.53 Å². The third-order valence-corrected chi connectivity index (χ3v) is 2.73. The van der Waals surface area contributed by atoms with E-state index in [4.69, 9.17) is 4.74 Å². The lowest BCUT2D eigenvalue weighted by molar-refractivity contribution is -0.117. The fourth-order valence-corrected chi connectivity index (χ4v) is 1.54. The van der Waals surface area contributed by atoms with E-state index in [1.165, 1.54) is 6.92 Å². The summed E-state index contributed by atoms with van der Waals surface area (Å²) < 4.78 is 5.12. The van der Waals surface area contributed by atoms with Crippen LogP contribution in [-0.2, 0) is 9.53 Å². The Labute approximate surface area is 102 Å². The topological polar surface area (TPSA) is 43.4 Å². The second kappa shape index (κ2) is 6.18. The fourth-order valence-electron chi connectivity index (χ4n) is 1.54. The smallest absolute Gasteiger partial charge is 0.338 e. The minimum atomic E-state index is -0.310. The highest BCUT2D eigenvalue weighted by atomic mass is 16.5. The predicted molar refractivity (Wildman–Crippen MR) is 66.1 cm³/mol. The fraction of sp³-hybridized carbons (Fsp3) is 0.429. The van der Waals surface area contributed by atoms with Crippen LogP contribution in [0.3, 0.4) is 0 Å². The van der Waals surface area contributed by atoms with Crippen molar-refractivity contribution in [3.63, 3.8) is 0 Å². The first-order valence-electron chi connectivity index (χ1n) is 5.75. The highest BCUT2D eigenvalue weighted by Gasteiger charge is 2.11. The summed E-state index contributed by atoms with van der Waals surface area (Å²) in [5, 5.41) is 0. The second-order valence-corrected chi connectivity index (χ2v) is 4.19. The summed E-state index contributed by atoms with van der Waals surface area (Å²) in [5.74, 6) is -0.192. The third-order valence-electron chi connectivity index (χ3n) is 2.73. The summed E-state index contributed by atoms with van der Waals surface area (Å²) in [6.07, 6.45) is 1.05. The first kappa shape index (κ1) is 13.4. The van der Waals surface area contributed by atoms with E-state index in [9.17, 15) is 9.59 Å². The van der Waals surface area contributed by atoms with Crippen LogP contribution in [0, 0.1) is 13.8 Å². The van der Waals surface area contributed by atoms with Crippen molar-refractivity contribution in [3.05, 3.63) is 34.9 Å². The molecule has 3 heteroatoms. The molecule has 0 aliphatic rings. The molecule has 0 radical (unpaired) electrons. The highest BCUT2D eigenvalue weighted by Crippen LogP contribution is 2.13. The zero-order chi connectivity index (χ0) is 12.8. The quantitative estimate of drug-likeness (QED) is 0.581. The Balaban J connectivity index is 2.53. The van der Waals surface area contributed by atoms with Gasteiger partial charge in [0.2, 0.25) is 0 Å². The summed E-state index contributed by atoms with van der Waals surface area (Å²) in [7, 11) is 0. The van der Waals surface area contributed by atoms with Crippen LogP contribution in [-0.4, -0.2) is 18.4 Å². The maximum Gasteiger partial charge on any atom is 0.338 e. The molecular weight excluding hydrogens is 216 g/mol. The van der Waals surface area contributed by atoms with Crippen LogP contribution >= 0.6 is 0 Å². The summed E-state index contributed by atoms with van der Waals surface area (Å²) >= 11 is 0. The van der Waals surface area contributed by atoms with Crippen LogP contribution in [0.2, 0.25) is 0 Å². The predicted octanol–water partition coefficient (Wildman–Crippen LogP) is 2.83. The van der Waals surface area contributed by atoms with Crippen molar-refractivity contribution in [1.82, 2.24) is 0 Å². The van der Waals surface area contributed by atoms with Gasteiger partial charge in [-0.3, -0.25) is 0 Å². The molecule has 0 aliphatic carbocycles. The normalized spacial score (nSPS) is 10.1. The number of carbonyl (C=O) groups excluding carboxylic acids is 2. The molecule has 0 bridgehead atoms. The maximum atomic E-state index is 11.8. The number of ketones is 1. The average Bonchev–Trinajstić information content (AvgIpc) is 2.27. The van der Waals surface area contributed by atoms with E-state index in [0.29, 0.717) is 25.0 Å². The Morgan fingerprint density at radius 3 is 2.59 bits per heavy atom. The number of aryl methyl sites for hydroxylation is 1. The Kier molecular flexibility index (Phi) is 4.88. The van der Waals surface area contributed by atoms with Crippen molar-refractivity contribution < 1.29 is 14.3 Å². The Hall–Kier alpha value is -1.64. The van der Waals surface area contributed by atoms with Crippen molar-refractivity contribution in [2.24, 2.45) is 0 Å². The van der Waals surface area contributed by atoms with E-state index in [2.05, 4.69) is 0 Å². The van der Waals surface area contributed by atoms with E-state index >= 15 is 0 Å². The molecule has 0 amide bonds. The zero-order valence-corrected chi connectivity index (χ0v) is 10.6. The van der Waals surface area contributed by atoms with Gasteiger partial charge in [0.25, 0.3) is 0 Å². The molecule has 0 spiro atoms. The second-order valence-electron chi connectivity index (χ2n) is 4.19. The minimum Gasteiger partial charge on any atom is -0.462 e. The Morgan fingerprint density at radius 1 is 1.24 bits per heavy atom. The molecule has 0 saturated heterocycles. The van der Waals surface area contributed by atoms with E-state index in [-0.39, 0.29) is 11.8 Å². The van der Waals surface area contributed by atoms with Crippen molar-refractivity contribution >= 4 is 11.8 Å². The standard InChI is InChI=1S/C14H18O3/c1-10-6-4-8-13(12(10)3)14(16)17-9-5-7-11(2)15/h4,6,8H,5,7,9H2,1-3H3. The number of ether oxygens (including phenoxy) is 1. The molecule has 0 atom stereocenters. The van der Waals surface area contributed by atoms with Gasteiger partial charge in [-0.2, -0.15) is 0 Å². The number of esters is 1. The first-order valence-corrected chi connectivity index (χ1v) is 5.75. The monoisotopic (exact) mass is 234 g/mol. The molecule has 1 aromatic rings. The van der Waals surface area contributed by atoms with Gasteiger partial charge in [-0.25, -0.2) is 4.79 Å². The molecular formula is C14H18O3. The van der Waals surface area contributed by atoms with Gasteiger partial charge in [-0.15, -0.1) is 0 Å². The number of Topliss-reactive ketones (excluding diaryl/α,β-unsaturated/α-hetero) is 1. The lowest BCUT2D eigenvalue weighted by atomic mass is 10.0. The van der Waals surface area contributed by atoms with Crippen LogP contribution in [0.15, 0.2) is 18.2 Å². The largest absolute Gasteiger partial charge is 0.462 e. The summed E-state index contributed by atoms with van der Waals surface area (Å²) in [6.45, 7) is 5.70. The molecule has 1 aromatic carbocycles. The number of rotatable bonds is 5. The molecule has 0 fully saturated rings. The van der Waals surface area contributed by atoms with E-state index in [1.54, 1.807) is 6.07 Å². The number of hydrogen-bond donors (Lipinski definition) is 0. The SMILES string of the molecule is CC(=O)CCCOC(=O)c1cccc(C)c1C. The third kappa shape index (κ3) is 4.02. The molecule has 0 heterocycles. The molecule has 92 valence electrons. The van der Waals surface area contributed by atoms with E-state index in [1.807, 2.05) is 26.0 Å². The molecule has 0 aliphatic heterocycles. The Morgan fingerprint density at radius 2 is 1.94 bits per heavy atom. The summed E-state index contributed by atoms with van der Waals surface area (Å²) in [6, 6.07) is 5.56. The van der Waals surface area contributed by atoms with Gasteiger partial charge in [0.15, 0.2) is 0 Å². The van der Waals surface area contributed by atoms with Crippen molar-refractivity contribution in [3.8, 4) is 0 Å². The number of carbonyl (C=O) groups is 2. The zero-order valence-electron chi connectivity index (χ0n) is 10.6. The molecule has 3 nitrogen and oxygen atoms in total. The van der Waals surface area contributed by atoms with Crippen molar-refractivity contribution in [2.45, 2.75) is 33.6 Å². The average molecular weight is 234 g/mol.